The maximum absolute atomic E-state index is 3.74. The molecule has 3 unspecified atom stereocenters. The highest BCUT2D eigenvalue weighted by Crippen LogP contribution is 2.46. The molecule has 1 heterocycles. The monoisotopic (exact) mass is 233 g/mol. The molecule has 0 radical (unpaired) electrons. The molecule has 1 saturated carbocycles. The Morgan fingerprint density at radius 3 is 2.47 bits per heavy atom. The van der Waals surface area contributed by atoms with E-state index in [0.29, 0.717) is 0 Å². The first kappa shape index (κ1) is 12.7. The molecule has 0 spiro atoms. The van der Waals surface area contributed by atoms with Gasteiger partial charge in [0.15, 0.2) is 0 Å². The van der Waals surface area contributed by atoms with Gasteiger partial charge in [-0.25, -0.2) is 0 Å². The van der Waals surface area contributed by atoms with Crippen molar-refractivity contribution in [1.82, 2.24) is 5.32 Å². The highest BCUT2D eigenvalue weighted by atomic mass is 14.9. The lowest BCUT2D eigenvalue weighted by Crippen LogP contribution is -2.39. The molecule has 1 fully saturated rings. The number of rotatable bonds is 2. The predicted molar refractivity (Wildman–Crippen MR) is 74.7 cm³/mol. The van der Waals surface area contributed by atoms with Crippen LogP contribution in [0.4, 0.5) is 0 Å². The first-order valence-corrected chi connectivity index (χ1v) is 7.25. The van der Waals surface area contributed by atoms with Crippen molar-refractivity contribution in [3.8, 4) is 0 Å². The van der Waals surface area contributed by atoms with E-state index in [0.717, 1.165) is 30.2 Å². The molecule has 0 aromatic heterocycles. The Morgan fingerprint density at radius 2 is 1.88 bits per heavy atom. The van der Waals surface area contributed by atoms with Crippen molar-refractivity contribution < 1.29 is 0 Å². The molecule has 1 aliphatic carbocycles. The van der Waals surface area contributed by atoms with Gasteiger partial charge in [-0.1, -0.05) is 32.9 Å². The van der Waals surface area contributed by atoms with Gasteiger partial charge < -0.3 is 5.32 Å². The molecule has 1 heteroatoms. The molecule has 96 valence electrons. The Labute approximate surface area is 106 Å². The van der Waals surface area contributed by atoms with Crippen LogP contribution in [-0.4, -0.2) is 6.54 Å². The van der Waals surface area contributed by atoms with Crippen LogP contribution >= 0.6 is 0 Å². The molecule has 2 aliphatic rings. The Balaban J connectivity index is 2.32. The van der Waals surface area contributed by atoms with Gasteiger partial charge in [0.1, 0.15) is 0 Å². The first-order chi connectivity index (χ1) is 8.15. The highest BCUT2D eigenvalue weighted by molar-refractivity contribution is 5.31. The summed E-state index contributed by atoms with van der Waals surface area (Å²) < 4.78 is 0. The summed E-state index contributed by atoms with van der Waals surface area (Å²) in [5.74, 6) is 3.22. The largest absolute Gasteiger partial charge is 0.388 e. The zero-order valence-electron chi connectivity index (χ0n) is 11.8. The van der Waals surface area contributed by atoms with E-state index in [4.69, 9.17) is 0 Å². The fourth-order valence-electron chi connectivity index (χ4n) is 3.71. The third-order valence-corrected chi connectivity index (χ3v) is 4.62. The number of nitrogens with one attached hydrogen (secondary N) is 1. The molecule has 0 aromatic rings. The highest BCUT2D eigenvalue weighted by Gasteiger charge is 2.39. The SMILES string of the molecule is C/C=C\C1=C(C2C(C)CC2C)NCCCC1C. The van der Waals surface area contributed by atoms with Gasteiger partial charge in [-0.3, -0.25) is 0 Å². The lowest BCUT2D eigenvalue weighted by atomic mass is 9.64. The van der Waals surface area contributed by atoms with Crippen molar-refractivity contribution >= 4 is 0 Å². The van der Waals surface area contributed by atoms with Gasteiger partial charge in [0, 0.05) is 18.2 Å². The zero-order valence-corrected chi connectivity index (χ0v) is 11.8. The molecule has 1 nitrogen and oxygen atoms in total. The fraction of sp³-hybridized carbons (Fsp3) is 0.750. The topological polar surface area (TPSA) is 12.0 Å². The van der Waals surface area contributed by atoms with E-state index in [-0.39, 0.29) is 0 Å². The van der Waals surface area contributed by atoms with Gasteiger partial charge in [-0.05, 0) is 49.5 Å². The molecule has 17 heavy (non-hydrogen) atoms. The molecule has 0 amide bonds. The van der Waals surface area contributed by atoms with Gasteiger partial charge in [0.05, 0.1) is 0 Å². The number of allylic oxidation sites excluding steroid dienone is 4. The van der Waals surface area contributed by atoms with Gasteiger partial charge in [-0.15, -0.1) is 0 Å². The minimum absolute atomic E-state index is 0.719. The minimum atomic E-state index is 0.719. The summed E-state index contributed by atoms with van der Waals surface area (Å²) >= 11 is 0. The van der Waals surface area contributed by atoms with Crippen LogP contribution in [0, 0.1) is 23.7 Å². The summed E-state index contributed by atoms with van der Waals surface area (Å²) in [5.41, 5.74) is 3.15. The lowest BCUT2D eigenvalue weighted by molar-refractivity contribution is 0.128. The van der Waals surface area contributed by atoms with Crippen molar-refractivity contribution in [2.24, 2.45) is 23.7 Å². The van der Waals surface area contributed by atoms with E-state index >= 15 is 0 Å². The summed E-state index contributed by atoms with van der Waals surface area (Å²) in [7, 11) is 0. The molecular formula is C16H27N. The van der Waals surface area contributed by atoms with E-state index in [1.165, 1.54) is 19.3 Å². The van der Waals surface area contributed by atoms with Crippen LogP contribution in [0.5, 0.6) is 0 Å². The third kappa shape index (κ3) is 2.43. The van der Waals surface area contributed by atoms with Crippen molar-refractivity contribution in [2.45, 2.75) is 47.0 Å². The van der Waals surface area contributed by atoms with Crippen LogP contribution in [0.1, 0.15) is 47.0 Å². The van der Waals surface area contributed by atoms with Crippen LogP contribution in [0.3, 0.4) is 0 Å². The standard InChI is InChI=1S/C16H27N/c1-5-7-14-11(2)8-6-9-17-16(14)15-12(3)10-13(15)4/h5,7,11-13,15,17H,6,8-10H2,1-4H3/b7-5-. The van der Waals surface area contributed by atoms with Gasteiger partial charge in [0.2, 0.25) is 0 Å². The Bertz CT molecular complexity index is 318. The molecule has 0 saturated heterocycles. The molecule has 0 bridgehead atoms. The van der Waals surface area contributed by atoms with Gasteiger partial charge in [0.25, 0.3) is 0 Å². The Morgan fingerprint density at radius 1 is 1.18 bits per heavy atom. The second-order valence-electron chi connectivity index (χ2n) is 6.06. The van der Waals surface area contributed by atoms with Crippen LogP contribution in [0.15, 0.2) is 23.4 Å². The lowest BCUT2D eigenvalue weighted by Gasteiger charge is -2.43. The van der Waals surface area contributed by atoms with Crippen LogP contribution < -0.4 is 5.32 Å². The van der Waals surface area contributed by atoms with E-state index in [1.54, 1.807) is 11.3 Å². The normalized spacial score (nSPS) is 38.8. The number of hydrogen-bond acceptors (Lipinski definition) is 1. The molecule has 1 aliphatic heterocycles. The first-order valence-electron chi connectivity index (χ1n) is 7.25. The smallest absolute Gasteiger partial charge is 0.0179 e. The summed E-state index contributed by atoms with van der Waals surface area (Å²) in [4.78, 5) is 0. The second-order valence-corrected chi connectivity index (χ2v) is 6.06. The number of hydrogen-bond donors (Lipinski definition) is 1. The van der Waals surface area contributed by atoms with Crippen molar-refractivity contribution in [3.63, 3.8) is 0 Å². The second kappa shape index (κ2) is 5.29. The quantitative estimate of drug-likeness (QED) is 0.756. The summed E-state index contributed by atoms with van der Waals surface area (Å²) in [6.07, 6.45) is 8.57. The zero-order chi connectivity index (χ0) is 12.4. The molecule has 1 N–H and O–H groups in total. The van der Waals surface area contributed by atoms with E-state index in [1.807, 2.05) is 0 Å². The van der Waals surface area contributed by atoms with Crippen LogP contribution in [0.2, 0.25) is 0 Å². The summed E-state index contributed by atoms with van der Waals surface area (Å²) in [6.45, 7) is 10.5. The van der Waals surface area contributed by atoms with Crippen molar-refractivity contribution in [2.75, 3.05) is 6.54 Å². The van der Waals surface area contributed by atoms with E-state index in [2.05, 4.69) is 45.2 Å². The Kier molecular flexibility index (Phi) is 3.96. The Hall–Kier alpha value is -0.720. The summed E-state index contributed by atoms with van der Waals surface area (Å²) in [5, 5.41) is 3.74. The molecule has 0 aromatic carbocycles. The molecule has 3 atom stereocenters. The molecule has 2 rings (SSSR count). The predicted octanol–water partition coefficient (Wildman–Crippen LogP) is 4.13. The van der Waals surface area contributed by atoms with Gasteiger partial charge >= 0.3 is 0 Å². The summed E-state index contributed by atoms with van der Waals surface area (Å²) in [6, 6.07) is 0. The van der Waals surface area contributed by atoms with Crippen LogP contribution in [0.25, 0.3) is 0 Å². The van der Waals surface area contributed by atoms with Crippen LogP contribution in [-0.2, 0) is 0 Å². The average molecular weight is 233 g/mol. The van der Waals surface area contributed by atoms with Crippen molar-refractivity contribution in [3.05, 3.63) is 23.4 Å². The average Bonchev–Trinajstić information content (AvgIpc) is 2.44. The third-order valence-electron chi connectivity index (χ3n) is 4.62. The maximum Gasteiger partial charge on any atom is 0.0179 e. The van der Waals surface area contributed by atoms with E-state index in [9.17, 15) is 0 Å². The maximum atomic E-state index is 3.74. The van der Waals surface area contributed by atoms with Crippen molar-refractivity contribution in [1.29, 1.82) is 0 Å². The minimum Gasteiger partial charge on any atom is -0.388 e. The van der Waals surface area contributed by atoms with E-state index < -0.39 is 0 Å². The molecular weight excluding hydrogens is 206 g/mol. The fourth-order valence-corrected chi connectivity index (χ4v) is 3.71. The van der Waals surface area contributed by atoms with Gasteiger partial charge in [-0.2, -0.15) is 0 Å².